The zero-order chi connectivity index (χ0) is 26.4. The molecule has 2 N–H and O–H groups in total. The van der Waals surface area contributed by atoms with Gasteiger partial charge < -0.3 is 20.1 Å². The molecular formula is C30H32N2O5. The highest BCUT2D eigenvalue weighted by Gasteiger charge is 2.29. The number of carbonyl (C=O) groups is 3. The lowest BCUT2D eigenvalue weighted by atomic mass is 9.87. The van der Waals surface area contributed by atoms with Crippen LogP contribution in [0.25, 0.3) is 0 Å². The second-order valence-electron chi connectivity index (χ2n) is 9.35. The molecule has 3 aromatic rings. The SMILES string of the molecule is COc1cc(OCc2ccccc2)ccc1C(=O)N1CCC(C(=O)Cc2cc(C(N)=O)ccc2C)CC1. The summed E-state index contributed by atoms with van der Waals surface area (Å²) in [6.45, 7) is 3.32. The van der Waals surface area contributed by atoms with E-state index in [9.17, 15) is 14.4 Å². The van der Waals surface area contributed by atoms with Crippen molar-refractivity contribution < 1.29 is 23.9 Å². The van der Waals surface area contributed by atoms with Crippen molar-refractivity contribution in [1.82, 2.24) is 4.90 Å². The lowest BCUT2D eigenvalue weighted by Gasteiger charge is -2.32. The molecule has 192 valence electrons. The third kappa shape index (κ3) is 6.36. The summed E-state index contributed by atoms with van der Waals surface area (Å²) in [5, 5.41) is 0. The van der Waals surface area contributed by atoms with Crippen molar-refractivity contribution in [3.8, 4) is 11.5 Å². The molecule has 7 nitrogen and oxygen atoms in total. The Kier molecular flexibility index (Phi) is 8.23. The Morgan fingerprint density at radius 1 is 0.973 bits per heavy atom. The van der Waals surface area contributed by atoms with Crippen molar-refractivity contribution in [2.45, 2.75) is 32.8 Å². The van der Waals surface area contributed by atoms with Gasteiger partial charge in [0.2, 0.25) is 5.91 Å². The van der Waals surface area contributed by atoms with Crippen molar-refractivity contribution in [2.75, 3.05) is 20.2 Å². The quantitative estimate of drug-likeness (QED) is 0.471. The van der Waals surface area contributed by atoms with Crippen LogP contribution in [-0.4, -0.2) is 42.7 Å². The molecule has 1 saturated heterocycles. The standard InChI is InChI=1S/C30H32N2O5/c1-20-8-9-23(29(31)34)16-24(20)17-27(33)22-12-14-32(15-13-22)30(35)26-11-10-25(18-28(26)36-2)37-19-21-6-4-3-5-7-21/h3-11,16,18,22H,12-15,17,19H2,1-2H3,(H2,31,34). The fourth-order valence-electron chi connectivity index (χ4n) is 4.60. The summed E-state index contributed by atoms with van der Waals surface area (Å²) in [6, 6.07) is 20.3. The number of primary amides is 1. The minimum atomic E-state index is -0.508. The topological polar surface area (TPSA) is 98.9 Å². The lowest BCUT2D eigenvalue weighted by molar-refractivity contribution is -0.123. The van der Waals surface area contributed by atoms with E-state index in [-0.39, 0.29) is 24.0 Å². The maximum atomic E-state index is 13.3. The molecule has 0 aromatic heterocycles. The molecule has 1 aliphatic heterocycles. The van der Waals surface area contributed by atoms with Crippen LogP contribution in [0, 0.1) is 12.8 Å². The number of benzene rings is 3. The average molecular weight is 501 g/mol. The van der Waals surface area contributed by atoms with Crippen LogP contribution in [0.5, 0.6) is 11.5 Å². The van der Waals surface area contributed by atoms with E-state index in [1.165, 1.54) is 7.11 Å². The van der Waals surface area contributed by atoms with Gasteiger partial charge in [-0.05, 0) is 60.7 Å². The maximum Gasteiger partial charge on any atom is 0.257 e. The molecule has 0 bridgehead atoms. The summed E-state index contributed by atoms with van der Waals surface area (Å²) < 4.78 is 11.4. The summed E-state index contributed by atoms with van der Waals surface area (Å²) in [5.74, 6) is 0.440. The van der Waals surface area contributed by atoms with Gasteiger partial charge in [-0.3, -0.25) is 14.4 Å². The number of hydrogen-bond donors (Lipinski definition) is 1. The van der Waals surface area contributed by atoms with Crippen LogP contribution < -0.4 is 15.2 Å². The first-order chi connectivity index (χ1) is 17.9. The monoisotopic (exact) mass is 500 g/mol. The number of ether oxygens (including phenoxy) is 2. The van der Waals surface area contributed by atoms with E-state index in [4.69, 9.17) is 15.2 Å². The van der Waals surface area contributed by atoms with Crippen LogP contribution >= 0.6 is 0 Å². The van der Waals surface area contributed by atoms with Gasteiger partial charge in [0.05, 0.1) is 12.7 Å². The first-order valence-electron chi connectivity index (χ1n) is 12.4. The molecule has 0 atom stereocenters. The highest BCUT2D eigenvalue weighted by molar-refractivity contribution is 5.97. The molecule has 0 radical (unpaired) electrons. The molecule has 1 heterocycles. The van der Waals surface area contributed by atoms with E-state index in [1.54, 1.807) is 35.2 Å². The van der Waals surface area contributed by atoms with Gasteiger partial charge in [-0.2, -0.15) is 0 Å². The Hall–Kier alpha value is -4.13. The Labute approximate surface area is 217 Å². The number of nitrogens with zero attached hydrogens (tertiary/aromatic N) is 1. The largest absolute Gasteiger partial charge is 0.496 e. The Morgan fingerprint density at radius 2 is 1.70 bits per heavy atom. The molecule has 0 unspecified atom stereocenters. The van der Waals surface area contributed by atoms with Gasteiger partial charge >= 0.3 is 0 Å². The van der Waals surface area contributed by atoms with Crippen molar-refractivity contribution in [3.05, 3.63) is 94.5 Å². The van der Waals surface area contributed by atoms with Crippen molar-refractivity contribution >= 4 is 17.6 Å². The molecule has 4 rings (SSSR count). The smallest absolute Gasteiger partial charge is 0.257 e. The van der Waals surface area contributed by atoms with Gasteiger partial charge in [0.1, 0.15) is 23.9 Å². The number of methoxy groups -OCH3 is 1. The van der Waals surface area contributed by atoms with Crippen LogP contribution in [0.3, 0.4) is 0 Å². The third-order valence-electron chi connectivity index (χ3n) is 6.89. The van der Waals surface area contributed by atoms with Gasteiger partial charge in [-0.1, -0.05) is 36.4 Å². The minimum absolute atomic E-state index is 0.120. The summed E-state index contributed by atoms with van der Waals surface area (Å²) in [5.41, 5.74) is 9.08. The van der Waals surface area contributed by atoms with Gasteiger partial charge in [0, 0.05) is 37.1 Å². The number of amides is 2. The van der Waals surface area contributed by atoms with E-state index in [1.807, 2.05) is 43.3 Å². The van der Waals surface area contributed by atoms with Crippen molar-refractivity contribution in [3.63, 3.8) is 0 Å². The molecule has 0 aliphatic carbocycles. The van der Waals surface area contributed by atoms with E-state index < -0.39 is 5.91 Å². The van der Waals surface area contributed by atoms with Crippen LogP contribution in [0.4, 0.5) is 0 Å². The summed E-state index contributed by atoms with van der Waals surface area (Å²) in [4.78, 5) is 39.5. The molecule has 37 heavy (non-hydrogen) atoms. The lowest BCUT2D eigenvalue weighted by Crippen LogP contribution is -2.40. The second-order valence-corrected chi connectivity index (χ2v) is 9.35. The summed E-state index contributed by atoms with van der Waals surface area (Å²) >= 11 is 0. The number of aryl methyl sites for hydroxylation is 1. The van der Waals surface area contributed by atoms with Gasteiger partial charge in [-0.15, -0.1) is 0 Å². The molecule has 3 aromatic carbocycles. The summed E-state index contributed by atoms with van der Waals surface area (Å²) in [7, 11) is 1.53. The third-order valence-corrected chi connectivity index (χ3v) is 6.89. The van der Waals surface area contributed by atoms with Crippen LogP contribution in [0.1, 0.15) is 50.2 Å². The van der Waals surface area contributed by atoms with Crippen LogP contribution in [0.2, 0.25) is 0 Å². The number of piperidine rings is 1. The van der Waals surface area contributed by atoms with Gasteiger partial charge in [0.25, 0.3) is 5.91 Å². The van der Waals surface area contributed by atoms with E-state index in [2.05, 4.69) is 0 Å². The predicted molar refractivity (Wildman–Crippen MR) is 141 cm³/mol. The first kappa shape index (κ1) is 25.9. The van der Waals surface area contributed by atoms with Gasteiger partial charge in [0.15, 0.2) is 0 Å². The van der Waals surface area contributed by atoms with Crippen LogP contribution in [0.15, 0.2) is 66.7 Å². The van der Waals surface area contributed by atoms with E-state index in [0.717, 1.165) is 16.7 Å². The molecular weight excluding hydrogens is 468 g/mol. The number of carbonyl (C=O) groups excluding carboxylic acids is 3. The fraction of sp³-hybridized carbons (Fsp3) is 0.300. The maximum absolute atomic E-state index is 13.3. The van der Waals surface area contributed by atoms with Crippen molar-refractivity contribution in [2.24, 2.45) is 11.7 Å². The Morgan fingerprint density at radius 3 is 2.38 bits per heavy atom. The molecule has 2 amide bonds. The number of nitrogens with two attached hydrogens (primary N) is 1. The average Bonchev–Trinajstić information content (AvgIpc) is 2.93. The zero-order valence-electron chi connectivity index (χ0n) is 21.2. The predicted octanol–water partition coefficient (Wildman–Crippen LogP) is 4.35. The highest BCUT2D eigenvalue weighted by Crippen LogP contribution is 2.29. The summed E-state index contributed by atoms with van der Waals surface area (Å²) in [6.07, 6.45) is 1.45. The molecule has 1 aliphatic rings. The minimum Gasteiger partial charge on any atom is -0.496 e. The second kappa shape index (κ2) is 11.7. The fourth-order valence-corrected chi connectivity index (χ4v) is 4.60. The molecule has 7 heteroatoms. The van der Waals surface area contributed by atoms with E-state index in [0.29, 0.717) is 55.2 Å². The number of likely N-dealkylation sites (tertiary alicyclic amines) is 1. The number of hydrogen-bond acceptors (Lipinski definition) is 5. The van der Waals surface area contributed by atoms with Crippen molar-refractivity contribution in [1.29, 1.82) is 0 Å². The Balaban J connectivity index is 1.35. The number of rotatable bonds is 9. The Bertz CT molecular complexity index is 1280. The molecule has 1 fully saturated rings. The molecule has 0 saturated carbocycles. The van der Waals surface area contributed by atoms with Crippen LogP contribution in [-0.2, 0) is 17.8 Å². The molecule has 0 spiro atoms. The van der Waals surface area contributed by atoms with Gasteiger partial charge in [-0.25, -0.2) is 0 Å². The van der Waals surface area contributed by atoms with E-state index >= 15 is 0 Å². The number of ketones is 1. The first-order valence-corrected chi connectivity index (χ1v) is 12.4. The zero-order valence-corrected chi connectivity index (χ0v) is 21.2. The highest BCUT2D eigenvalue weighted by atomic mass is 16.5. The number of Topliss-reactive ketones (excluding diaryl/α,β-unsaturated/α-hetero) is 1. The normalized spacial score (nSPS) is 13.7.